The third-order valence-corrected chi connectivity index (χ3v) is 4.84. The Morgan fingerprint density at radius 3 is 2.64 bits per heavy atom. The van der Waals surface area contributed by atoms with Crippen LogP contribution in [0.15, 0.2) is 46.0 Å². The van der Waals surface area contributed by atoms with Gasteiger partial charge in [0.25, 0.3) is 11.1 Å². The second kappa shape index (κ2) is 6.41. The fourth-order valence-corrected chi connectivity index (χ4v) is 3.44. The van der Waals surface area contributed by atoms with Gasteiger partial charge in [0.05, 0.1) is 10.5 Å². The van der Waals surface area contributed by atoms with E-state index in [1.807, 2.05) is 0 Å². The van der Waals surface area contributed by atoms with E-state index in [2.05, 4.69) is 10.3 Å². The highest BCUT2D eigenvalue weighted by Gasteiger charge is 2.33. The summed E-state index contributed by atoms with van der Waals surface area (Å²) in [5.74, 6) is -0.273. The van der Waals surface area contributed by atoms with Crippen LogP contribution in [0.1, 0.15) is 11.3 Å². The number of hydrogen-bond donors (Lipinski definition) is 2. The summed E-state index contributed by atoms with van der Waals surface area (Å²) in [6, 6.07) is 5.14. The number of rotatable bonds is 2. The van der Waals surface area contributed by atoms with Crippen LogP contribution in [0, 0.1) is 0 Å². The van der Waals surface area contributed by atoms with Gasteiger partial charge < -0.3 is 10.2 Å². The summed E-state index contributed by atoms with van der Waals surface area (Å²) in [5, 5.41) is 2.17. The zero-order valence-corrected chi connectivity index (χ0v) is 14.6. The molecule has 6 nitrogen and oxygen atoms in total. The Bertz CT molecular complexity index is 1170. The van der Waals surface area contributed by atoms with Gasteiger partial charge in [-0.1, -0.05) is 6.07 Å². The Kier molecular flexibility index (Phi) is 4.15. The molecule has 3 aromatic rings. The van der Waals surface area contributed by atoms with E-state index in [0.29, 0.717) is 16.5 Å². The van der Waals surface area contributed by atoms with Crippen molar-refractivity contribution >= 4 is 45.6 Å². The normalized spacial score (nSPS) is 16.2. The van der Waals surface area contributed by atoms with E-state index >= 15 is 0 Å². The molecule has 1 saturated heterocycles. The fraction of sp³-hybridized carbons (Fsp3) is 0.0556. The summed E-state index contributed by atoms with van der Waals surface area (Å²) >= 11 is 0.732. The standard InChI is InChI=1S/C18H10F3N3O3S/c19-18(20,21)12-4-8(1-2-13(12)22)11-7-23-6-9-3-10(27-15(9)11)5-14-16(25)24-17(26)28-14/h1-7H,22H2,(H,24,25,26). The number of alkyl halides is 3. The van der Waals surface area contributed by atoms with Crippen LogP contribution in [0.5, 0.6) is 0 Å². The number of nitrogens with one attached hydrogen (secondary N) is 1. The maximum absolute atomic E-state index is 13.2. The summed E-state index contributed by atoms with van der Waals surface area (Å²) in [7, 11) is 0. The molecule has 0 radical (unpaired) electrons. The van der Waals surface area contributed by atoms with E-state index in [0.717, 1.165) is 17.8 Å². The molecular weight excluding hydrogens is 395 g/mol. The Hall–Kier alpha value is -3.27. The minimum atomic E-state index is -4.60. The number of fused-ring (bicyclic) bond motifs is 1. The third-order valence-electron chi connectivity index (χ3n) is 4.03. The molecule has 4 rings (SSSR count). The molecule has 142 valence electrons. The van der Waals surface area contributed by atoms with Crippen molar-refractivity contribution in [2.45, 2.75) is 6.18 Å². The monoisotopic (exact) mass is 405 g/mol. The van der Waals surface area contributed by atoms with Gasteiger partial charge in [0.1, 0.15) is 11.3 Å². The first-order valence-electron chi connectivity index (χ1n) is 7.82. The number of nitrogen functional groups attached to an aromatic ring is 1. The highest BCUT2D eigenvalue weighted by molar-refractivity contribution is 8.18. The molecule has 0 aliphatic carbocycles. The number of hydrogen-bond acceptors (Lipinski definition) is 6. The zero-order chi connectivity index (χ0) is 20.1. The summed E-state index contributed by atoms with van der Waals surface area (Å²) in [6.45, 7) is 0. The lowest BCUT2D eigenvalue weighted by molar-refractivity contribution is -0.136. The average molecular weight is 405 g/mol. The number of aromatic nitrogens is 1. The Morgan fingerprint density at radius 2 is 1.96 bits per heavy atom. The van der Waals surface area contributed by atoms with Crippen molar-refractivity contribution in [3.63, 3.8) is 0 Å². The molecule has 28 heavy (non-hydrogen) atoms. The van der Waals surface area contributed by atoms with Gasteiger partial charge in [-0.3, -0.25) is 19.9 Å². The molecule has 1 aliphatic rings. The third kappa shape index (κ3) is 3.22. The number of carbonyl (C=O) groups excluding carboxylic acids is 2. The van der Waals surface area contributed by atoms with E-state index in [9.17, 15) is 22.8 Å². The number of amides is 2. The van der Waals surface area contributed by atoms with Crippen LogP contribution < -0.4 is 11.1 Å². The summed E-state index contributed by atoms with van der Waals surface area (Å²) in [4.78, 5) is 27.1. The molecule has 1 aromatic carbocycles. The van der Waals surface area contributed by atoms with Gasteiger partial charge in [-0.05, 0) is 35.5 Å². The van der Waals surface area contributed by atoms with E-state index in [4.69, 9.17) is 10.2 Å². The topological polar surface area (TPSA) is 98.2 Å². The molecule has 0 unspecified atom stereocenters. The molecular formula is C18H10F3N3O3S. The van der Waals surface area contributed by atoms with Crippen LogP contribution >= 0.6 is 11.8 Å². The van der Waals surface area contributed by atoms with Gasteiger partial charge in [-0.2, -0.15) is 13.2 Å². The molecule has 1 aliphatic heterocycles. The number of thioether (sulfide) groups is 1. The second-order valence-electron chi connectivity index (χ2n) is 5.91. The Balaban J connectivity index is 1.82. The molecule has 10 heteroatoms. The smallest absolute Gasteiger partial charge is 0.418 e. The van der Waals surface area contributed by atoms with E-state index < -0.39 is 22.9 Å². The number of imide groups is 1. The minimum Gasteiger partial charge on any atom is -0.456 e. The lowest BCUT2D eigenvalue weighted by Gasteiger charge is -2.12. The summed E-state index contributed by atoms with van der Waals surface area (Å²) in [6.07, 6.45) is -0.340. The first-order chi connectivity index (χ1) is 13.2. The number of furan rings is 1. The minimum absolute atomic E-state index is 0.158. The van der Waals surface area contributed by atoms with Gasteiger partial charge in [-0.15, -0.1) is 0 Å². The molecule has 1 fully saturated rings. The first kappa shape index (κ1) is 18.1. The highest BCUT2D eigenvalue weighted by atomic mass is 32.2. The predicted molar refractivity (Wildman–Crippen MR) is 98.0 cm³/mol. The predicted octanol–water partition coefficient (Wildman–Crippen LogP) is 4.42. The van der Waals surface area contributed by atoms with Crippen molar-refractivity contribution in [2.24, 2.45) is 0 Å². The number of nitrogens with two attached hydrogens (primary N) is 1. The van der Waals surface area contributed by atoms with Crippen LogP contribution in [0.25, 0.3) is 28.2 Å². The van der Waals surface area contributed by atoms with Crippen LogP contribution in [-0.4, -0.2) is 16.1 Å². The number of nitrogens with zero attached hydrogens (tertiary/aromatic N) is 1. The average Bonchev–Trinajstić information content (AvgIpc) is 3.16. The largest absolute Gasteiger partial charge is 0.456 e. The SMILES string of the molecule is Nc1ccc(-c2cncc3cc(C=C4SC(=O)NC4=O)oc23)cc1C(F)(F)F. The number of carbonyl (C=O) groups is 2. The van der Waals surface area contributed by atoms with Crippen LogP contribution in [0.2, 0.25) is 0 Å². The fourth-order valence-electron chi connectivity index (χ4n) is 2.78. The van der Waals surface area contributed by atoms with E-state index in [1.165, 1.54) is 30.6 Å². The van der Waals surface area contributed by atoms with Crippen LogP contribution in [0.3, 0.4) is 0 Å². The summed E-state index contributed by atoms with van der Waals surface area (Å²) in [5.41, 5.74) is 4.99. The van der Waals surface area contributed by atoms with E-state index in [1.54, 1.807) is 6.07 Å². The first-order valence-corrected chi connectivity index (χ1v) is 8.63. The lowest BCUT2D eigenvalue weighted by Crippen LogP contribution is -2.17. The summed E-state index contributed by atoms with van der Waals surface area (Å²) < 4.78 is 45.2. The van der Waals surface area contributed by atoms with E-state index in [-0.39, 0.29) is 21.9 Å². The highest BCUT2D eigenvalue weighted by Crippen LogP contribution is 2.38. The molecule has 0 saturated carbocycles. The van der Waals surface area contributed by atoms with Crippen molar-refractivity contribution in [1.82, 2.24) is 10.3 Å². The molecule has 2 aromatic heterocycles. The number of anilines is 1. The molecule has 3 heterocycles. The number of halogens is 3. The number of pyridine rings is 1. The van der Waals surface area contributed by atoms with Crippen molar-refractivity contribution in [2.75, 3.05) is 5.73 Å². The van der Waals surface area contributed by atoms with Gasteiger partial charge >= 0.3 is 6.18 Å². The second-order valence-corrected chi connectivity index (χ2v) is 6.92. The molecule has 0 spiro atoms. The van der Waals surface area contributed by atoms with Crippen molar-refractivity contribution in [3.8, 4) is 11.1 Å². The molecule has 3 N–H and O–H groups in total. The molecule has 0 bridgehead atoms. The van der Waals surface area contributed by atoms with Crippen molar-refractivity contribution in [3.05, 3.63) is 52.9 Å². The quantitative estimate of drug-likeness (QED) is 0.484. The lowest BCUT2D eigenvalue weighted by atomic mass is 10.0. The zero-order valence-electron chi connectivity index (χ0n) is 13.8. The van der Waals surface area contributed by atoms with Gasteiger partial charge in [0, 0.05) is 35.1 Å². The van der Waals surface area contributed by atoms with Gasteiger partial charge in [-0.25, -0.2) is 0 Å². The van der Waals surface area contributed by atoms with Crippen LogP contribution in [-0.2, 0) is 11.0 Å². The van der Waals surface area contributed by atoms with Crippen LogP contribution in [0.4, 0.5) is 23.7 Å². The van der Waals surface area contributed by atoms with Crippen molar-refractivity contribution in [1.29, 1.82) is 0 Å². The van der Waals surface area contributed by atoms with Gasteiger partial charge in [0.15, 0.2) is 0 Å². The molecule has 0 atom stereocenters. The Labute approximate surface area is 159 Å². The Morgan fingerprint density at radius 1 is 1.18 bits per heavy atom. The molecule has 2 amide bonds. The maximum atomic E-state index is 13.2. The number of benzene rings is 1. The maximum Gasteiger partial charge on any atom is 0.418 e. The van der Waals surface area contributed by atoms with Crippen molar-refractivity contribution < 1.29 is 27.2 Å². The van der Waals surface area contributed by atoms with Gasteiger partial charge in [0.2, 0.25) is 0 Å².